The standard InChI is InChI=1S/C13H15Cl2N/c1-9-8-12(15)10(13(2,3)16)6-4-5-7-11(9)14/h4-8H,1,16H2,2-3H3/b5-4+,10-6-,11-7?,12-8+. The van der Waals surface area contributed by atoms with E-state index in [0.29, 0.717) is 15.6 Å². The molecule has 0 spiro atoms. The molecule has 0 heterocycles. The second kappa shape index (κ2) is 5.05. The zero-order chi connectivity index (χ0) is 12.3. The van der Waals surface area contributed by atoms with Crippen molar-refractivity contribution in [3.05, 3.63) is 58.2 Å². The molecule has 2 N–H and O–H groups in total. The van der Waals surface area contributed by atoms with Crippen LogP contribution in [0.5, 0.6) is 0 Å². The van der Waals surface area contributed by atoms with Crippen LogP contribution in [0.3, 0.4) is 0 Å². The summed E-state index contributed by atoms with van der Waals surface area (Å²) in [6.45, 7) is 7.65. The van der Waals surface area contributed by atoms with Gasteiger partial charge in [0.25, 0.3) is 0 Å². The molecule has 1 nitrogen and oxygen atoms in total. The van der Waals surface area contributed by atoms with E-state index in [0.717, 1.165) is 5.57 Å². The molecule has 0 radical (unpaired) electrons. The zero-order valence-electron chi connectivity index (χ0n) is 9.43. The number of rotatable bonds is 1. The lowest BCUT2D eigenvalue weighted by molar-refractivity contribution is 0.623. The van der Waals surface area contributed by atoms with Crippen molar-refractivity contribution in [3.8, 4) is 0 Å². The second-order valence-electron chi connectivity index (χ2n) is 4.22. The monoisotopic (exact) mass is 255 g/mol. The van der Waals surface area contributed by atoms with Gasteiger partial charge in [-0.15, -0.1) is 0 Å². The molecule has 0 aromatic heterocycles. The van der Waals surface area contributed by atoms with Gasteiger partial charge in [-0.2, -0.15) is 0 Å². The first-order valence-corrected chi connectivity index (χ1v) is 5.68. The van der Waals surface area contributed by atoms with Crippen LogP contribution in [0.25, 0.3) is 0 Å². The Morgan fingerprint density at radius 2 is 1.69 bits per heavy atom. The zero-order valence-corrected chi connectivity index (χ0v) is 10.9. The molecule has 3 heteroatoms. The fourth-order valence-electron chi connectivity index (χ4n) is 1.30. The molecule has 0 bridgehead atoms. The van der Waals surface area contributed by atoms with Gasteiger partial charge in [-0.05, 0) is 37.1 Å². The summed E-state index contributed by atoms with van der Waals surface area (Å²) in [6, 6.07) is 0. The minimum absolute atomic E-state index is 0.505. The van der Waals surface area contributed by atoms with Gasteiger partial charge >= 0.3 is 0 Å². The summed E-state index contributed by atoms with van der Waals surface area (Å²) in [6.07, 6.45) is 9.09. The van der Waals surface area contributed by atoms with E-state index in [2.05, 4.69) is 6.58 Å². The number of nitrogens with two attached hydrogens (primary N) is 1. The lowest BCUT2D eigenvalue weighted by Crippen LogP contribution is -2.34. The van der Waals surface area contributed by atoms with E-state index < -0.39 is 5.54 Å². The van der Waals surface area contributed by atoms with Crippen LogP contribution in [-0.4, -0.2) is 5.54 Å². The first-order chi connectivity index (χ1) is 7.32. The number of hydrogen-bond donors (Lipinski definition) is 1. The first kappa shape index (κ1) is 13.3. The average molecular weight is 256 g/mol. The Morgan fingerprint density at radius 1 is 1.12 bits per heavy atom. The molecule has 0 aromatic rings. The maximum absolute atomic E-state index is 6.21. The van der Waals surface area contributed by atoms with Crippen molar-refractivity contribution in [1.29, 1.82) is 0 Å². The number of hydrogen-bond acceptors (Lipinski definition) is 1. The molecule has 1 rings (SSSR count). The normalized spacial score (nSPS) is 26.6. The molecular formula is C13H15Cl2N. The Bertz CT molecular complexity index is 418. The van der Waals surface area contributed by atoms with Crippen molar-refractivity contribution in [3.63, 3.8) is 0 Å². The fourth-order valence-corrected chi connectivity index (χ4v) is 1.87. The molecule has 0 unspecified atom stereocenters. The van der Waals surface area contributed by atoms with E-state index in [1.54, 1.807) is 12.2 Å². The molecule has 0 saturated heterocycles. The molecule has 1 aliphatic carbocycles. The largest absolute Gasteiger partial charge is 0.322 e. The summed E-state index contributed by atoms with van der Waals surface area (Å²) in [5.74, 6) is 0. The van der Waals surface area contributed by atoms with Gasteiger partial charge in [0.1, 0.15) is 0 Å². The van der Waals surface area contributed by atoms with Crippen molar-refractivity contribution < 1.29 is 0 Å². The van der Waals surface area contributed by atoms with Gasteiger partial charge in [0, 0.05) is 15.6 Å². The van der Waals surface area contributed by atoms with E-state index in [9.17, 15) is 0 Å². The Balaban J connectivity index is 3.25. The van der Waals surface area contributed by atoms with Crippen LogP contribution < -0.4 is 5.73 Å². The van der Waals surface area contributed by atoms with Gasteiger partial charge in [-0.25, -0.2) is 0 Å². The topological polar surface area (TPSA) is 26.0 Å². The molecular weight excluding hydrogens is 241 g/mol. The third kappa shape index (κ3) is 3.38. The van der Waals surface area contributed by atoms with E-state index in [4.69, 9.17) is 28.9 Å². The highest BCUT2D eigenvalue weighted by atomic mass is 35.5. The molecule has 0 aliphatic heterocycles. The summed E-state index contributed by atoms with van der Waals surface area (Å²) in [7, 11) is 0. The highest BCUT2D eigenvalue weighted by molar-refractivity contribution is 6.34. The molecule has 0 amide bonds. The van der Waals surface area contributed by atoms with Gasteiger partial charge < -0.3 is 5.73 Å². The number of allylic oxidation sites excluding steroid dienone is 7. The summed E-state index contributed by atoms with van der Waals surface area (Å²) in [5.41, 5.74) is 7.07. The van der Waals surface area contributed by atoms with Crippen LogP contribution in [0.2, 0.25) is 0 Å². The van der Waals surface area contributed by atoms with Gasteiger partial charge in [-0.3, -0.25) is 0 Å². The molecule has 0 atom stereocenters. The highest BCUT2D eigenvalue weighted by Crippen LogP contribution is 2.28. The Hall–Kier alpha value is -0.760. The summed E-state index contributed by atoms with van der Waals surface area (Å²) in [5, 5.41) is 1.13. The predicted molar refractivity (Wildman–Crippen MR) is 72.5 cm³/mol. The van der Waals surface area contributed by atoms with E-state index in [-0.39, 0.29) is 0 Å². The van der Waals surface area contributed by atoms with Crippen LogP contribution in [0.1, 0.15) is 13.8 Å². The van der Waals surface area contributed by atoms with Gasteiger partial charge in [-0.1, -0.05) is 48.0 Å². The molecule has 0 saturated carbocycles. The van der Waals surface area contributed by atoms with Crippen molar-refractivity contribution in [2.24, 2.45) is 5.73 Å². The third-order valence-corrected chi connectivity index (χ3v) is 2.86. The Morgan fingerprint density at radius 3 is 2.25 bits per heavy atom. The SMILES string of the molecule is C=C1\C=C(Cl)/C(C(C)(C)N)=C/C=C/C=C1Cl. The van der Waals surface area contributed by atoms with Crippen LogP contribution >= 0.6 is 23.2 Å². The van der Waals surface area contributed by atoms with Crippen molar-refractivity contribution in [2.45, 2.75) is 19.4 Å². The third-order valence-electron chi connectivity index (χ3n) is 2.18. The van der Waals surface area contributed by atoms with Gasteiger partial charge in [0.05, 0.1) is 0 Å². The van der Waals surface area contributed by atoms with Crippen molar-refractivity contribution in [1.82, 2.24) is 0 Å². The first-order valence-electron chi connectivity index (χ1n) is 4.92. The quantitative estimate of drug-likeness (QED) is 0.753. The molecule has 16 heavy (non-hydrogen) atoms. The maximum Gasteiger partial charge on any atom is 0.0472 e. The predicted octanol–water partition coefficient (Wildman–Crippen LogP) is 4.02. The van der Waals surface area contributed by atoms with Crippen molar-refractivity contribution in [2.75, 3.05) is 0 Å². The van der Waals surface area contributed by atoms with Crippen LogP contribution in [0.4, 0.5) is 0 Å². The highest BCUT2D eigenvalue weighted by Gasteiger charge is 2.20. The second-order valence-corrected chi connectivity index (χ2v) is 5.03. The minimum Gasteiger partial charge on any atom is -0.322 e. The van der Waals surface area contributed by atoms with Gasteiger partial charge in [0.2, 0.25) is 0 Å². The molecule has 86 valence electrons. The average Bonchev–Trinajstić information content (AvgIpc) is 2.18. The smallest absolute Gasteiger partial charge is 0.0472 e. The molecule has 0 aromatic carbocycles. The number of halogens is 2. The van der Waals surface area contributed by atoms with E-state index in [1.807, 2.05) is 32.1 Å². The van der Waals surface area contributed by atoms with Crippen LogP contribution in [0.15, 0.2) is 58.2 Å². The fraction of sp³-hybridized carbons (Fsp3) is 0.231. The van der Waals surface area contributed by atoms with Crippen LogP contribution in [-0.2, 0) is 0 Å². The van der Waals surface area contributed by atoms with Crippen molar-refractivity contribution >= 4 is 23.2 Å². The Kier molecular flexibility index (Phi) is 4.20. The maximum atomic E-state index is 6.21. The van der Waals surface area contributed by atoms with E-state index in [1.165, 1.54) is 0 Å². The summed E-state index contributed by atoms with van der Waals surface area (Å²) in [4.78, 5) is 0. The lowest BCUT2D eigenvalue weighted by Gasteiger charge is -2.22. The van der Waals surface area contributed by atoms with Crippen LogP contribution in [0, 0.1) is 0 Å². The summed E-state index contributed by atoms with van der Waals surface area (Å²) >= 11 is 12.2. The minimum atomic E-state index is -0.505. The van der Waals surface area contributed by atoms with E-state index >= 15 is 0 Å². The lowest BCUT2D eigenvalue weighted by atomic mass is 9.93. The summed E-state index contributed by atoms with van der Waals surface area (Å²) < 4.78 is 0. The molecule has 1 aliphatic rings. The molecule has 0 fully saturated rings. The Labute approximate surface area is 107 Å². The van der Waals surface area contributed by atoms with Gasteiger partial charge in [0.15, 0.2) is 0 Å².